The molecule has 0 spiro atoms. The minimum Gasteiger partial charge on any atom is -0.455 e. The van der Waals surface area contributed by atoms with Crippen LogP contribution in [-0.2, 0) is 6.61 Å². The zero-order chi connectivity index (χ0) is 13.8. The van der Waals surface area contributed by atoms with Crippen LogP contribution in [0.3, 0.4) is 0 Å². The summed E-state index contributed by atoms with van der Waals surface area (Å²) in [5.74, 6) is 0.587. The Kier molecular flexibility index (Phi) is 3.99. The lowest BCUT2D eigenvalue weighted by molar-refractivity contribution is -0.384. The van der Waals surface area contributed by atoms with E-state index in [0.717, 1.165) is 0 Å². The van der Waals surface area contributed by atoms with E-state index in [4.69, 9.17) is 16.3 Å². The van der Waals surface area contributed by atoms with Crippen LogP contribution in [0.15, 0.2) is 42.5 Å². The van der Waals surface area contributed by atoms with Gasteiger partial charge in [-0.2, -0.15) is 0 Å². The Labute approximate surface area is 114 Å². The number of nitro groups is 1. The number of nitro benzene ring substituents is 1. The highest BCUT2D eigenvalue weighted by Gasteiger charge is 2.12. The quantitative estimate of drug-likeness (QED) is 0.686. The molecule has 19 heavy (non-hydrogen) atoms. The third-order valence-corrected chi connectivity index (χ3v) is 2.80. The maximum Gasteiger partial charge on any atom is 0.273 e. The molecule has 5 nitrogen and oxygen atoms in total. The van der Waals surface area contributed by atoms with Gasteiger partial charge < -0.3 is 9.84 Å². The van der Waals surface area contributed by atoms with Crippen molar-refractivity contribution < 1.29 is 14.8 Å². The fraction of sp³-hybridized carbons (Fsp3) is 0.0769. The topological polar surface area (TPSA) is 72.6 Å². The molecule has 98 valence electrons. The number of rotatable bonds is 4. The average molecular weight is 280 g/mol. The molecule has 0 radical (unpaired) electrons. The molecule has 0 bridgehead atoms. The van der Waals surface area contributed by atoms with Crippen LogP contribution in [0.2, 0.25) is 5.02 Å². The van der Waals surface area contributed by atoms with E-state index in [9.17, 15) is 15.2 Å². The zero-order valence-corrected chi connectivity index (χ0v) is 10.5. The summed E-state index contributed by atoms with van der Waals surface area (Å²) in [5.41, 5.74) is 0.464. The molecule has 0 aliphatic rings. The van der Waals surface area contributed by atoms with Crippen LogP contribution in [0.4, 0.5) is 5.69 Å². The Balaban J connectivity index is 2.37. The number of para-hydroxylation sites is 1. The van der Waals surface area contributed by atoms with Crippen molar-refractivity contribution in [2.24, 2.45) is 0 Å². The van der Waals surface area contributed by atoms with Gasteiger partial charge in [-0.3, -0.25) is 10.1 Å². The van der Waals surface area contributed by atoms with Crippen molar-refractivity contribution in [3.8, 4) is 11.5 Å². The highest BCUT2D eigenvalue weighted by molar-refractivity contribution is 6.32. The van der Waals surface area contributed by atoms with Crippen LogP contribution in [0.5, 0.6) is 11.5 Å². The van der Waals surface area contributed by atoms with Crippen molar-refractivity contribution in [3.05, 3.63) is 63.2 Å². The molecule has 0 fully saturated rings. The van der Waals surface area contributed by atoms with Crippen LogP contribution in [0, 0.1) is 10.1 Å². The standard InChI is InChI=1S/C13H10ClNO4/c14-11-6-5-10(15(17)18)7-13(11)19-12-4-2-1-3-9(12)8-16/h1-7,16H,8H2. The summed E-state index contributed by atoms with van der Waals surface area (Å²) in [6, 6.07) is 10.8. The maximum atomic E-state index is 10.7. The molecule has 0 aliphatic carbocycles. The van der Waals surface area contributed by atoms with Crippen molar-refractivity contribution in [3.63, 3.8) is 0 Å². The van der Waals surface area contributed by atoms with E-state index in [1.165, 1.54) is 18.2 Å². The molecule has 0 aliphatic heterocycles. The highest BCUT2D eigenvalue weighted by atomic mass is 35.5. The average Bonchev–Trinajstić information content (AvgIpc) is 2.41. The van der Waals surface area contributed by atoms with Gasteiger partial charge in [0.05, 0.1) is 22.6 Å². The van der Waals surface area contributed by atoms with E-state index >= 15 is 0 Å². The summed E-state index contributed by atoms with van der Waals surface area (Å²) in [5, 5.41) is 20.2. The van der Waals surface area contributed by atoms with E-state index in [2.05, 4.69) is 0 Å². The molecule has 2 aromatic rings. The molecule has 0 heterocycles. The summed E-state index contributed by atoms with van der Waals surface area (Å²) in [6.45, 7) is -0.192. The number of benzene rings is 2. The molecule has 2 aromatic carbocycles. The second-order valence-electron chi connectivity index (χ2n) is 3.74. The van der Waals surface area contributed by atoms with Crippen molar-refractivity contribution in [1.82, 2.24) is 0 Å². The van der Waals surface area contributed by atoms with Gasteiger partial charge in [-0.25, -0.2) is 0 Å². The molecule has 0 aromatic heterocycles. The number of non-ortho nitro benzene ring substituents is 1. The first-order valence-corrected chi connectivity index (χ1v) is 5.80. The first kappa shape index (κ1) is 13.3. The normalized spacial score (nSPS) is 10.2. The van der Waals surface area contributed by atoms with Gasteiger partial charge in [0.2, 0.25) is 0 Å². The Morgan fingerprint density at radius 2 is 1.95 bits per heavy atom. The number of ether oxygens (including phenoxy) is 1. The Morgan fingerprint density at radius 3 is 2.63 bits per heavy atom. The summed E-state index contributed by atoms with van der Waals surface area (Å²) >= 11 is 5.94. The monoisotopic (exact) mass is 279 g/mol. The predicted octanol–water partition coefficient (Wildman–Crippen LogP) is 3.53. The maximum absolute atomic E-state index is 10.7. The third-order valence-electron chi connectivity index (χ3n) is 2.49. The molecule has 2 rings (SSSR count). The van der Waals surface area contributed by atoms with Gasteiger partial charge >= 0.3 is 0 Å². The summed E-state index contributed by atoms with van der Waals surface area (Å²) in [6.07, 6.45) is 0. The fourth-order valence-corrected chi connectivity index (χ4v) is 1.69. The van der Waals surface area contributed by atoms with Crippen molar-refractivity contribution in [2.45, 2.75) is 6.61 Å². The van der Waals surface area contributed by atoms with Gasteiger partial charge in [0, 0.05) is 11.6 Å². The van der Waals surface area contributed by atoms with Gasteiger partial charge in [-0.15, -0.1) is 0 Å². The molecule has 0 unspecified atom stereocenters. The number of hydrogen-bond donors (Lipinski definition) is 1. The molecule has 1 N–H and O–H groups in total. The second-order valence-corrected chi connectivity index (χ2v) is 4.15. The largest absolute Gasteiger partial charge is 0.455 e. The lowest BCUT2D eigenvalue weighted by atomic mass is 10.2. The number of halogens is 1. The second kappa shape index (κ2) is 5.69. The van der Waals surface area contributed by atoms with E-state index in [0.29, 0.717) is 11.3 Å². The molecule has 0 atom stereocenters. The molecule has 0 saturated heterocycles. The molecular weight excluding hydrogens is 270 g/mol. The van der Waals surface area contributed by atoms with Crippen molar-refractivity contribution in [2.75, 3.05) is 0 Å². The molecule has 0 saturated carbocycles. The van der Waals surface area contributed by atoms with E-state index < -0.39 is 4.92 Å². The van der Waals surface area contributed by atoms with Crippen LogP contribution < -0.4 is 4.74 Å². The molecule has 0 amide bonds. The van der Waals surface area contributed by atoms with Gasteiger partial charge in [0.25, 0.3) is 5.69 Å². The smallest absolute Gasteiger partial charge is 0.273 e. The van der Waals surface area contributed by atoms with Crippen LogP contribution in [-0.4, -0.2) is 10.0 Å². The number of aliphatic hydroxyl groups excluding tert-OH is 1. The Bertz CT molecular complexity index is 615. The lowest BCUT2D eigenvalue weighted by Crippen LogP contribution is -1.93. The first-order chi connectivity index (χ1) is 9.11. The lowest BCUT2D eigenvalue weighted by Gasteiger charge is -2.10. The van der Waals surface area contributed by atoms with Crippen molar-refractivity contribution in [1.29, 1.82) is 0 Å². The zero-order valence-electron chi connectivity index (χ0n) is 9.75. The number of nitrogens with zero attached hydrogens (tertiary/aromatic N) is 1. The van der Waals surface area contributed by atoms with Crippen LogP contribution in [0.1, 0.15) is 5.56 Å². The molecular formula is C13H10ClNO4. The number of hydrogen-bond acceptors (Lipinski definition) is 4. The minimum absolute atomic E-state index is 0.110. The molecule has 6 heteroatoms. The first-order valence-electron chi connectivity index (χ1n) is 5.42. The van der Waals surface area contributed by atoms with Gasteiger partial charge in [0.15, 0.2) is 5.75 Å². The van der Waals surface area contributed by atoms with E-state index in [1.807, 2.05) is 0 Å². The summed E-state index contributed by atoms with van der Waals surface area (Å²) < 4.78 is 5.53. The Hall–Kier alpha value is -2.11. The van der Waals surface area contributed by atoms with Crippen LogP contribution >= 0.6 is 11.6 Å². The van der Waals surface area contributed by atoms with Crippen molar-refractivity contribution >= 4 is 17.3 Å². The van der Waals surface area contributed by atoms with Gasteiger partial charge in [-0.1, -0.05) is 29.8 Å². The van der Waals surface area contributed by atoms with Crippen LogP contribution in [0.25, 0.3) is 0 Å². The van der Waals surface area contributed by atoms with Gasteiger partial charge in [-0.05, 0) is 12.1 Å². The fourth-order valence-electron chi connectivity index (χ4n) is 1.54. The highest BCUT2D eigenvalue weighted by Crippen LogP contribution is 2.34. The van der Waals surface area contributed by atoms with E-state index in [1.54, 1.807) is 24.3 Å². The predicted molar refractivity (Wildman–Crippen MR) is 70.5 cm³/mol. The van der Waals surface area contributed by atoms with Gasteiger partial charge in [0.1, 0.15) is 5.75 Å². The minimum atomic E-state index is -0.527. The Morgan fingerprint density at radius 1 is 1.21 bits per heavy atom. The van der Waals surface area contributed by atoms with E-state index in [-0.39, 0.29) is 23.1 Å². The SMILES string of the molecule is O=[N+]([O-])c1ccc(Cl)c(Oc2ccccc2CO)c1. The third kappa shape index (κ3) is 3.01. The summed E-state index contributed by atoms with van der Waals surface area (Å²) in [7, 11) is 0. The number of aliphatic hydroxyl groups is 1. The summed E-state index contributed by atoms with van der Waals surface area (Å²) in [4.78, 5) is 10.2.